The summed E-state index contributed by atoms with van der Waals surface area (Å²) in [4.78, 5) is 0. The average Bonchev–Trinajstić information content (AvgIpc) is 1.82. The van der Waals surface area contributed by atoms with Gasteiger partial charge in [-0.3, -0.25) is 0 Å². The maximum atomic E-state index is 12.6. The van der Waals surface area contributed by atoms with Crippen molar-refractivity contribution in [2.75, 3.05) is 11.5 Å². The molecule has 0 aliphatic carbocycles. The predicted molar refractivity (Wildman–Crippen MR) is 40.6 cm³/mol. The molecule has 0 aliphatic heterocycles. The number of hydrogen-bond donors (Lipinski definition) is 2. The first-order valence-electron chi connectivity index (χ1n) is 2.71. The third kappa shape index (κ3) is 1.05. The third-order valence-electron chi connectivity index (χ3n) is 1.18. The van der Waals surface area contributed by atoms with E-state index in [2.05, 4.69) is 0 Å². The highest BCUT2D eigenvalue weighted by Crippen LogP contribution is 2.15. The molecule has 0 heterocycles. The minimum Gasteiger partial charge on any atom is -0.397 e. The Kier molecular flexibility index (Phi) is 1.53. The Morgan fingerprint density at radius 2 is 1.90 bits per heavy atom. The van der Waals surface area contributed by atoms with E-state index in [1.54, 1.807) is 0 Å². The molecule has 0 aromatic heterocycles. The molecule has 2 radical (unpaired) electrons. The van der Waals surface area contributed by atoms with Crippen molar-refractivity contribution in [3.8, 4) is 0 Å². The van der Waals surface area contributed by atoms with Gasteiger partial charge < -0.3 is 11.5 Å². The Hall–Kier alpha value is -1.19. The van der Waals surface area contributed by atoms with Crippen LogP contribution in [0, 0.1) is 5.82 Å². The highest BCUT2D eigenvalue weighted by atomic mass is 19.1. The number of nitrogens with two attached hydrogens (primary N) is 2. The van der Waals surface area contributed by atoms with Crippen LogP contribution in [-0.4, -0.2) is 7.85 Å². The van der Waals surface area contributed by atoms with E-state index in [4.69, 9.17) is 19.3 Å². The monoisotopic (exact) mass is 136 g/mol. The van der Waals surface area contributed by atoms with Crippen molar-refractivity contribution in [2.45, 2.75) is 0 Å². The zero-order valence-corrected chi connectivity index (χ0v) is 5.26. The molecule has 0 saturated carbocycles. The molecule has 1 rings (SSSR count). The van der Waals surface area contributed by atoms with Crippen LogP contribution >= 0.6 is 0 Å². The molecule has 4 heteroatoms. The van der Waals surface area contributed by atoms with Crippen molar-refractivity contribution < 1.29 is 4.39 Å². The SMILES string of the molecule is [B]c1cc(N)c(N)c(F)c1. The smallest absolute Gasteiger partial charge is 0.147 e. The second kappa shape index (κ2) is 2.21. The summed E-state index contributed by atoms with van der Waals surface area (Å²) in [5.41, 5.74) is 10.9. The van der Waals surface area contributed by atoms with Gasteiger partial charge in [-0.05, 0) is 12.1 Å². The molecule has 0 aliphatic rings. The van der Waals surface area contributed by atoms with E-state index in [9.17, 15) is 4.39 Å². The third-order valence-corrected chi connectivity index (χ3v) is 1.18. The number of halogens is 1. The van der Waals surface area contributed by atoms with Crippen LogP contribution in [0.5, 0.6) is 0 Å². The van der Waals surface area contributed by atoms with Crippen LogP contribution in [0.4, 0.5) is 15.8 Å². The maximum absolute atomic E-state index is 12.6. The molecule has 0 unspecified atom stereocenters. The zero-order valence-electron chi connectivity index (χ0n) is 5.26. The number of nitrogen functional groups attached to an aromatic ring is 2. The van der Waals surface area contributed by atoms with Gasteiger partial charge in [-0.1, -0.05) is 5.46 Å². The van der Waals surface area contributed by atoms with Crippen molar-refractivity contribution in [3.63, 3.8) is 0 Å². The highest BCUT2D eigenvalue weighted by Gasteiger charge is 2.00. The second-order valence-electron chi connectivity index (χ2n) is 2.01. The number of benzene rings is 1. The highest BCUT2D eigenvalue weighted by molar-refractivity contribution is 6.32. The Labute approximate surface area is 59.4 Å². The van der Waals surface area contributed by atoms with Crippen LogP contribution in [0.3, 0.4) is 0 Å². The van der Waals surface area contributed by atoms with Gasteiger partial charge in [0.25, 0.3) is 0 Å². The van der Waals surface area contributed by atoms with Crippen molar-refractivity contribution in [3.05, 3.63) is 17.9 Å². The minimum absolute atomic E-state index is 0.0470. The Balaban J connectivity index is 3.31. The Morgan fingerprint density at radius 3 is 2.40 bits per heavy atom. The second-order valence-corrected chi connectivity index (χ2v) is 2.01. The van der Waals surface area contributed by atoms with E-state index >= 15 is 0 Å². The van der Waals surface area contributed by atoms with Crippen LogP contribution in [0.2, 0.25) is 0 Å². The van der Waals surface area contributed by atoms with Crippen LogP contribution in [-0.2, 0) is 0 Å². The summed E-state index contributed by atoms with van der Waals surface area (Å²) < 4.78 is 12.6. The summed E-state index contributed by atoms with van der Waals surface area (Å²) in [5, 5.41) is 0. The van der Waals surface area contributed by atoms with E-state index in [0.717, 1.165) is 6.07 Å². The zero-order chi connectivity index (χ0) is 7.72. The molecular weight excluding hydrogens is 130 g/mol. The maximum Gasteiger partial charge on any atom is 0.147 e. The van der Waals surface area contributed by atoms with E-state index in [-0.39, 0.29) is 16.8 Å². The quantitative estimate of drug-likeness (QED) is 0.382. The van der Waals surface area contributed by atoms with Crippen LogP contribution < -0.4 is 16.9 Å². The van der Waals surface area contributed by atoms with Gasteiger partial charge in [-0.15, -0.1) is 0 Å². The largest absolute Gasteiger partial charge is 0.397 e. The van der Waals surface area contributed by atoms with Crippen molar-refractivity contribution in [1.29, 1.82) is 0 Å². The fraction of sp³-hybridized carbons (Fsp3) is 0. The molecule has 2 nitrogen and oxygen atoms in total. The number of rotatable bonds is 0. The van der Waals surface area contributed by atoms with Gasteiger partial charge in [-0.25, -0.2) is 4.39 Å². The van der Waals surface area contributed by atoms with Crippen LogP contribution in [0.1, 0.15) is 0 Å². The van der Waals surface area contributed by atoms with Gasteiger partial charge in [0, 0.05) is 0 Å². The molecule has 0 amide bonds. The van der Waals surface area contributed by atoms with E-state index in [0.29, 0.717) is 0 Å². The lowest BCUT2D eigenvalue weighted by Gasteiger charge is -2.01. The first-order chi connectivity index (χ1) is 4.61. The van der Waals surface area contributed by atoms with Gasteiger partial charge in [-0.2, -0.15) is 0 Å². The molecule has 0 spiro atoms. The predicted octanol–water partition coefficient (Wildman–Crippen LogP) is -0.216. The van der Waals surface area contributed by atoms with Crippen molar-refractivity contribution in [1.82, 2.24) is 0 Å². The van der Waals surface area contributed by atoms with Gasteiger partial charge in [0.2, 0.25) is 0 Å². The van der Waals surface area contributed by atoms with Crippen LogP contribution in [0.25, 0.3) is 0 Å². The van der Waals surface area contributed by atoms with E-state index in [1.165, 1.54) is 6.07 Å². The molecule has 0 bridgehead atoms. The van der Waals surface area contributed by atoms with Gasteiger partial charge in [0.1, 0.15) is 13.7 Å². The number of hydrogen-bond acceptors (Lipinski definition) is 2. The summed E-state index contributed by atoms with van der Waals surface area (Å²) in [6.07, 6.45) is 0. The first-order valence-corrected chi connectivity index (χ1v) is 2.71. The average molecular weight is 136 g/mol. The molecular formula is C6H6BFN2. The van der Waals surface area contributed by atoms with Crippen LogP contribution in [0.15, 0.2) is 12.1 Å². The molecule has 10 heavy (non-hydrogen) atoms. The lowest BCUT2D eigenvalue weighted by atomic mass is 9.95. The topological polar surface area (TPSA) is 52.0 Å². The van der Waals surface area contributed by atoms with Gasteiger partial charge in [0.15, 0.2) is 0 Å². The van der Waals surface area contributed by atoms with Gasteiger partial charge >= 0.3 is 0 Å². The lowest BCUT2D eigenvalue weighted by molar-refractivity contribution is 0.634. The summed E-state index contributed by atoms with van der Waals surface area (Å²) >= 11 is 0. The molecule has 1 aromatic rings. The molecule has 0 fully saturated rings. The number of anilines is 2. The summed E-state index contributed by atoms with van der Waals surface area (Å²) in [6, 6.07) is 2.55. The Bertz CT molecular complexity index is 239. The molecule has 50 valence electrons. The molecule has 4 N–H and O–H groups in total. The van der Waals surface area contributed by atoms with Gasteiger partial charge in [0.05, 0.1) is 11.4 Å². The standard InChI is InChI=1S/C6H6BFN2/c7-3-1-4(8)6(10)5(9)2-3/h1-2H,9-10H2. The fourth-order valence-electron chi connectivity index (χ4n) is 0.661. The molecule has 1 aromatic carbocycles. The normalized spacial score (nSPS) is 9.70. The molecule has 0 saturated heterocycles. The first kappa shape index (κ1) is 6.93. The van der Waals surface area contributed by atoms with Crippen molar-refractivity contribution >= 4 is 24.7 Å². The van der Waals surface area contributed by atoms with E-state index in [1.807, 2.05) is 0 Å². The summed E-state index contributed by atoms with van der Waals surface area (Å²) in [6.45, 7) is 0. The summed E-state index contributed by atoms with van der Waals surface area (Å²) in [7, 11) is 5.25. The van der Waals surface area contributed by atoms with Crippen molar-refractivity contribution in [2.24, 2.45) is 0 Å². The molecule has 0 atom stereocenters. The lowest BCUT2D eigenvalue weighted by Crippen LogP contribution is -2.08. The Morgan fingerprint density at radius 1 is 1.30 bits per heavy atom. The minimum atomic E-state index is -0.572. The van der Waals surface area contributed by atoms with E-state index < -0.39 is 5.82 Å². The summed E-state index contributed by atoms with van der Waals surface area (Å²) in [5.74, 6) is -0.572. The fourth-order valence-corrected chi connectivity index (χ4v) is 0.661.